The molecule has 0 radical (unpaired) electrons. The lowest BCUT2D eigenvalue weighted by molar-refractivity contribution is 0.171. The quantitative estimate of drug-likeness (QED) is 0.502. The topological polar surface area (TPSA) is 38.0 Å². The maximum Gasteiger partial charge on any atom is 0.0246 e. The van der Waals surface area contributed by atoms with Crippen molar-refractivity contribution >= 4 is 0 Å². The Bertz CT molecular complexity index is 225. The first-order valence-corrected chi connectivity index (χ1v) is 8.01. The first-order chi connectivity index (χ1) is 8.55. The molecular weight excluding hydrogens is 220 g/mol. The average molecular weight is 254 g/mol. The molecule has 0 spiro atoms. The Balaban J connectivity index is 2.54. The van der Waals surface area contributed by atoms with Gasteiger partial charge < -0.3 is 0 Å². The van der Waals surface area contributed by atoms with Crippen LogP contribution in [-0.4, -0.2) is 6.04 Å². The largest absolute Gasteiger partial charge is 0.271 e. The molecule has 3 N–H and O–H groups in total. The molecule has 1 rings (SSSR count). The zero-order valence-electron chi connectivity index (χ0n) is 13.0. The standard InChI is InChI=1S/C16H34N2/c1-5-7-9-13(6-2)12-15(18-17)14-10-8-11-16(14,3)4/h13-15,18H,5-12,17H2,1-4H3. The van der Waals surface area contributed by atoms with Crippen LogP contribution < -0.4 is 11.3 Å². The second-order valence-electron chi connectivity index (χ2n) is 6.91. The fourth-order valence-electron chi connectivity index (χ4n) is 3.79. The third-order valence-electron chi connectivity index (χ3n) is 5.17. The molecule has 1 aliphatic carbocycles. The molecule has 1 fully saturated rings. The van der Waals surface area contributed by atoms with Crippen molar-refractivity contribution in [3.63, 3.8) is 0 Å². The second kappa shape index (κ2) is 7.49. The molecular formula is C16H34N2. The van der Waals surface area contributed by atoms with Gasteiger partial charge in [-0.2, -0.15) is 0 Å². The van der Waals surface area contributed by atoms with E-state index in [-0.39, 0.29) is 0 Å². The lowest BCUT2D eigenvalue weighted by Crippen LogP contribution is -2.45. The van der Waals surface area contributed by atoms with Crippen molar-refractivity contribution in [2.24, 2.45) is 23.1 Å². The van der Waals surface area contributed by atoms with Crippen molar-refractivity contribution < 1.29 is 0 Å². The van der Waals surface area contributed by atoms with E-state index in [0.717, 1.165) is 11.8 Å². The fraction of sp³-hybridized carbons (Fsp3) is 1.00. The van der Waals surface area contributed by atoms with Crippen LogP contribution in [0.25, 0.3) is 0 Å². The van der Waals surface area contributed by atoms with Crippen LogP contribution in [0.2, 0.25) is 0 Å². The summed E-state index contributed by atoms with van der Waals surface area (Å²) in [7, 11) is 0. The predicted molar refractivity (Wildman–Crippen MR) is 80.2 cm³/mol. The van der Waals surface area contributed by atoms with Crippen molar-refractivity contribution in [3.05, 3.63) is 0 Å². The van der Waals surface area contributed by atoms with Crippen molar-refractivity contribution in [2.75, 3.05) is 0 Å². The molecule has 3 atom stereocenters. The van der Waals surface area contributed by atoms with Crippen LogP contribution in [0.3, 0.4) is 0 Å². The predicted octanol–water partition coefficient (Wildman–Crippen LogP) is 4.25. The summed E-state index contributed by atoms with van der Waals surface area (Å²) in [6, 6.07) is 0.518. The first-order valence-electron chi connectivity index (χ1n) is 8.01. The summed E-state index contributed by atoms with van der Waals surface area (Å²) >= 11 is 0. The minimum absolute atomic E-state index is 0.472. The number of unbranched alkanes of at least 4 members (excludes halogenated alkanes) is 1. The molecule has 0 heterocycles. The smallest absolute Gasteiger partial charge is 0.0246 e. The van der Waals surface area contributed by atoms with Gasteiger partial charge in [-0.1, -0.05) is 59.8 Å². The lowest BCUT2D eigenvalue weighted by atomic mass is 9.74. The van der Waals surface area contributed by atoms with E-state index in [1.54, 1.807) is 0 Å². The van der Waals surface area contributed by atoms with Crippen LogP contribution in [0.15, 0.2) is 0 Å². The monoisotopic (exact) mass is 254 g/mol. The Labute approximate surface area is 114 Å². The van der Waals surface area contributed by atoms with E-state index < -0.39 is 0 Å². The summed E-state index contributed by atoms with van der Waals surface area (Å²) < 4.78 is 0. The molecule has 0 aromatic carbocycles. The molecule has 0 bridgehead atoms. The van der Waals surface area contributed by atoms with Gasteiger partial charge in [-0.25, -0.2) is 0 Å². The Morgan fingerprint density at radius 1 is 1.33 bits per heavy atom. The number of rotatable bonds is 8. The lowest BCUT2D eigenvalue weighted by Gasteiger charge is -2.35. The van der Waals surface area contributed by atoms with Gasteiger partial charge in [-0.3, -0.25) is 11.3 Å². The van der Waals surface area contributed by atoms with Crippen LogP contribution in [-0.2, 0) is 0 Å². The van der Waals surface area contributed by atoms with Gasteiger partial charge in [0.2, 0.25) is 0 Å². The Morgan fingerprint density at radius 2 is 2.06 bits per heavy atom. The summed E-state index contributed by atoms with van der Waals surface area (Å²) in [6.45, 7) is 9.45. The highest BCUT2D eigenvalue weighted by atomic mass is 15.2. The van der Waals surface area contributed by atoms with E-state index in [1.165, 1.54) is 51.4 Å². The highest BCUT2D eigenvalue weighted by Gasteiger charge is 2.39. The molecule has 3 unspecified atom stereocenters. The molecule has 1 saturated carbocycles. The fourth-order valence-corrected chi connectivity index (χ4v) is 3.79. The van der Waals surface area contributed by atoms with Gasteiger partial charge in [-0.05, 0) is 36.5 Å². The summed E-state index contributed by atoms with van der Waals surface area (Å²) in [5, 5.41) is 0. The Morgan fingerprint density at radius 3 is 2.50 bits per heavy atom. The molecule has 18 heavy (non-hydrogen) atoms. The molecule has 0 amide bonds. The minimum Gasteiger partial charge on any atom is -0.271 e. The van der Waals surface area contributed by atoms with Gasteiger partial charge in [0.25, 0.3) is 0 Å². The minimum atomic E-state index is 0.472. The Kier molecular flexibility index (Phi) is 6.65. The van der Waals surface area contributed by atoms with Gasteiger partial charge in [-0.15, -0.1) is 0 Å². The van der Waals surface area contributed by atoms with E-state index in [0.29, 0.717) is 11.5 Å². The van der Waals surface area contributed by atoms with E-state index >= 15 is 0 Å². The van der Waals surface area contributed by atoms with E-state index in [9.17, 15) is 0 Å². The number of nitrogens with one attached hydrogen (secondary N) is 1. The third-order valence-corrected chi connectivity index (χ3v) is 5.17. The molecule has 0 aromatic heterocycles. The van der Waals surface area contributed by atoms with Gasteiger partial charge in [0.05, 0.1) is 0 Å². The van der Waals surface area contributed by atoms with Crippen LogP contribution >= 0.6 is 0 Å². The Hall–Kier alpha value is -0.0800. The average Bonchev–Trinajstić information content (AvgIpc) is 2.70. The van der Waals surface area contributed by atoms with Crippen LogP contribution in [0.5, 0.6) is 0 Å². The summed E-state index contributed by atoms with van der Waals surface area (Å²) in [6.07, 6.45) is 10.7. The zero-order chi connectivity index (χ0) is 13.6. The van der Waals surface area contributed by atoms with Crippen molar-refractivity contribution in [1.82, 2.24) is 5.43 Å². The summed E-state index contributed by atoms with van der Waals surface area (Å²) in [4.78, 5) is 0. The molecule has 0 aliphatic heterocycles. The zero-order valence-corrected chi connectivity index (χ0v) is 13.0. The second-order valence-corrected chi connectivity index (χ2v) is 6.91. The maximum atomic E-state index is 5.86. The molecule has 2 heteroatoms. The number of hydrogen-bond acceptors (Lipinski definition) is 2. The third kappa shape index (κ3) is 4.24. The van der Waals surface area contributed by atoms with E-state index in [2.05, 4.69) is 33.1 Å². The SMILES string of the molecule is CCCCC(CC)CC(NN)C1CCCC1(C)C. The number of hydrazine groups is 1. The van der Waals surface area contributed by atoms with Gasteiger partial charge in [0.1, 0.15) is 0 Å². The van der Waals surface area contributed by atoms with Crippen molar-refractivity contribution in [2.45, 2.75) is 85.1 Å². The van der Waals surface area contributed by atoms with Crippen LogP contribution in [0.1, 0.15) is 79.1 Å². The van der Waals surface area contributed by atoms with Gasteiger partial charge in [0.15, 0.2) is 0 Å². The van der Waals surface area contributed by atoms with E-state index in [1.807, 2.05) is 0 Å². The van der Waals surface area contributed by atoms with Crippen molar-refractivity contribution in [3.8, 4) is 0 Å². The van der Waals surface area contributed by atoms with E-state index in [4.69, 9.17) is 5.84 Å². The molecule has 0 aromatic rings. The normalized spacial score (nSPS) is 26.2. The molecule has 2 nitrogen and oxygen atoms in total. The summed E-state index contributed by atoms with van der Waals surface area (Å²) in [5.41, 5.74) is 3.61. The highest BCUT2D eigenvalue weighted by Crippen LogP contribution is 2.45. The highest BCUT2D eigenvalue weighted by molar-refractivity contribution is 4.92. The number of nitrogens with two attached hydrogens (primary N) is 1. The summed E-state index contributed by atoms with van der Waals surface area (Å²) in [5.74, 6) is 7.47. The molecule has 108 valence electrons. The van der Waals surface area contributed by atoms with Gasteiger partial charge in [0, 0.05) is 6.04 Å². The molecule has 0 saturated heterocycles. The van der Waals surface area contributed by atoms with Crippen molar-refractivity contribution in [1.29, 1.82) is 0 Å². The van der Waals surface area contributed by atoms with Crippen LogP contribution in [0, 0.1) is 17.3 Å². The van der Waals surface area contributed by atoms with Gasteiger partial charge >= 0.3 is 0 Å². The van der Waals surface area contributed by atoms with Crippen LogP contribution in [0.4, 0.5) is 0 Å². The maximum absolute atomic E-state index is 5.86. The molecule has 1 aliphatic rings. The first kappa shape index (κ1) is 16.0. The number of hydrogen-bond donors (Lipinski definition) is 2.